The molecule has 0 aliphatic rings. The number of methoxy groups -OCH3 is 1. The van der Waals surface area contributed by atoms with E-state index in [0.29, 0.717) is 22.7 Å². The fourth-order valence-electron chi connectivity index (χ4n) is 3.42. The van der Waals surface area contributed by atoms with Gasteiger partial charge >= 0.3 is 0 Å². The minimum Gasteiger partial charge on any atom is -0.493 e. The van der Waals surface area contributed by atoms with Crippen molar-refractivity contribution in [3.63, 3.8) is 0 Å². The minimum atomic E-state index is 0.482. The van der Waals surface area contributed by atoms with Crippen LogP contribution < -0.4 is 10.3 Å². The van der Waals surface area contributed by atoms with Gasteiger partial charge in [0.25, 0.3) is 0 Å². The fraction of sp³-hybridized carbons (Fsp3) is 0.0833. The molecule has 2 aromatic heterocycles. The van der Waals surface area contributed by atoms with Gasteiger partial charge in [-0.1, -0.05) is 42.5 Å². The van der Waals surface area contributed by atoms with Crippen LogP contribution in [0.5, 0.6) is 5.75 Å². The van der Waals surface area contributed by atoms with Crippen molar-refractivity contribution < 1.29 is 9.15 Å². The van der Waals surface area contributed by atoms with Gasteiger partial charge in [-0.2, -0.15) is 0 Å². The number of H-pyrrole nitrogens is 1. The second-order valence-electron chi connectivity index (χ2n) is 6.84. The number of nitrogens with one attached hydrogen (secondary N) is 1. The molecular weight excluding hydrogens is 362 g/mol. The Kier molecular flexibility index (Phi) is 4.13. The van der Waals surface area contributed by atoms with Crippen LogP contribution in [-0.4, -0.2) is 17.1 Å². The van der Waals surface area contributed by atoms with Gasteiger partial charge in [0, 0.05) is 5.39 Å². The van der Waals surface area contributed by atoms with Crippen molar-refractivity contribution in [2.75, 3.05) is 7.11 Å². The van der Waals surface area contributed by atoms with E-state index in [1.807, 2.05) is 79.7 Å². The molecule has 5 aromatic rings. The molecule has 29 heavy (non-hydrogen) atoms. The predicted molar refractivity (Wildman–Crippen MR) is 114 cm³/mol. The Bertz CT molecular complexity index is 1380. The van der Waals surface area contributed by atoms with Crippen molar-refractivity contribution >= 4 is 27.7 Å². The zero-order valence-electron chi connectivity index (χ0n) is 16.1. The second kappa shape index (κ2) is 6.95. The second-order valence-corrected chi connectivity index (χ2v) is 6.84. The number of benzene rings is 3. The van der Waals surface area contributed by atoms with Gasteiger partial charge in [-0.25, -0.2) is 9.98 Å². The molecule has 0 saturated heterocycles. The number of rotatable bonds is 3. The third-order valence-electron chi connectivity index (χ3n) is 4.94. The lowest BCUT2D eigenvalue weighted by molar-refractivity contribution is 0.406. The standard InChI is InChI=1S/C24H19N3O2/c1-15-8-3-4-10-18(15)27-24-17(23-25-19-11-5-6-12-20(19)26-23)14-16-9-7-13-21(28-2)22(16)29-24/h3-14H,1-2H3,(H,25,26). The maximum Gasteiger partial charge on any atom is 0.231 e. The van der Waals surface area contributed by atoms with Crippen LogP contribution in [0.4, 0.5) is 5.69 Å². The molecule has 3 aromatic carbocycles. The van der Waals surface area contributed by atoms with Crippen LogP contribution in [0.3, 0.4) is 0 Å². The van der Waals surface area contributed by atoms with E-state index in [1.54, 1.807) is 7.11 Å². The van der Waals surface area contributed by atoms with E-state index >= 15 is 0 Å². The molecule has 0 aliphatic carbocycles. The number of nitrogens with zero attached hydrogens (tertiary/aromatic N) is 2. The van der Waals surface area contributed by atoms with E-state index < -0.39 is 0 Å². The number of aromatic nitrogens is 2. The van der Waals surface area contributed by atoms with Crippen molar-refractivity contribution in [1.82, 2.24) is 9.97 Å². The predicted octanol–water partition coefficient (Wildman–Crippen LogP) is 5.53. The quantitative estimate of drug-likeness (QED) is 0.447. The molecule has 0 spiro atoms. The van der Waals surface area contributed by atoms with Crippen molar-refractivity contribution in [2.45, 2.75) is 6.92 Å². The van der Waals surface area contributed by atoms with Gasteiger partial charge < -0.3 is 14.1 Å². The Labute approximate surface area is 167 Å². The number of imidazole rings is 1. The Hall–Kier alpha value is -3.86. The SMILES string of the molecule is COc1cccc2cc(-c3nc4ccccc4[nH]3)c(=Nc3ccccc3C)oc12. The highest BCUT2D eigenvalue weighted by Crippen LogP contribution is 2.28. The highest BCUT2D eigenvalue weighted by atomic mass is 16.5. The molecule has 0 aliphatic heterocycles. The Balaban J connectivity index is 1.85. The zero-order chi connectivity index (χ0) is 19.8. The molecule has 5 nitrogen and oxygen atoms in total. The van der Waals surface area contributed by atoms with Gasteiger partial charge in [0.2, 0.25) is 5.55 Å². The smallest absolute Gasteiger partial charge is 0.231 e. The molecule has 5 rings (SSSR count). The van der Waals surface area contributed by atoms with Crippen LogP contribution in [-0.2, 0) is 0 Å². The summed E-state index contributed by atoms with van der Waals surface area (Å²) >= 11 is 0. The molecule has 0 unspecified atom stereocenters. The summed E-state index contributed by atoms with van der Waals surface area (Å²) < 4.78 is 11.8. The third-order valence-corrected chi connectivity index (χ3v) is 4.94. The highest BCUT2D eigenvalue weighted by Gasteiger charge is 2.13. The average molecular weight is 381 g/mol. The lowest BCUT2D eigenvalue weighted by Gasteiger charge is -2.07. The number of aryl methyl sites for hydroxylation is 1. The highest BCUT2D eigenvalue weighted by molar-refractivity contribution is 5.86. The molecule has 0 fully saturated rings. The lowest BCUT2D eigenvalue weighted by Crippen LogP contribution is -2.07. The molecule has 0 amide bonds. The summed E-state index contributed by atoms with van der Waals surface area (Å²) in [7, 11) is 1.63. The van der Waals surface area contributed by atoms with Crippen LogP contribution in [0, 0.1) is 6.92 Å². The summed E-state index contributed by atoms with van der Waals surface area (Å²) in [5.41, 5.74) is 5.72. The first-order chi connectivity index (χ1) is 14.2. The van der Waals surface area contributed by atoms with E-state index in [1.165, 1.54) is 0 Å². The normalized spacial score (nSPS) is 12.0. The number of aromatic amines is 1. The summed E-state index contributed by atoms with van der Waals surface area (Å²) in [6, 6.07) is 23.8. The first kappa shape index (κ1) is 17.3. The fourth-order valence-corrected chi connectivity index (χ4v) is 3.42. The average Bonchev–Trinajstić information content (AvgIpc) is 3.18. The third kappa shape index (κ3) is 3.06. The molecular formula is C24H19N3O2. The molecule has 0 bridgehead atoms. The molecule has 5 heteroatoms. The van der Waals surface area contributed by atoms with Crippen LogP contribution in [0.1, 0.15) is 5.56 Å². The lowest BCUT2D eigenvalue weighted by atomic mass is 10.1. The van der Waals surface area contributed by atoms with Gasteiger partial charge in [-0.3, -0.25) is 0 Å². The maximum atomic E-state index is 6.27. The van der Waals surface area contributed by atoms with E-state index in [0.717, 1.165) is 33.2 Å². The van der Waals surface area contributed by atoms with Crippen LogP contribution in [0.15, 0.2) is 82.2 Å². The van der Waals surface area contributed by atoms with E-state index in [2.05, 4.69) is 4.98 Å². The first-order valence-corrected chi connectivity index (χ1v) is 9.39. The summed E-state index contributed by atoms with van der Waals surface area (Å²) in [5.74, 6) is 1.38. The molecule has 2 heterocycles. The summed E-state index contributed by atoms with van der Waals surface area (Å²) in [4.78, 5) is 13.0. The van der Waals surface area contributed by atoms with Crippen molar-refractivity contribution in [2.24, 2.45) is 4.99 Å². The Morgan fingerprint density at radius 1 is 0.966 bits per heavy atom. The molecule has 0 atom stereocenters. The van der Waals surface area contributed by atoms with E-state index in [9.17, 15) is 0 Å². The molecule has 1 N–H and O–H groups in total. The van der Waals surface area contributed by atoms with E-state index in [-0.39, 0.29) is 0 Å². The number of ether oxygens (including phenoxy) is 1. The van der Waals surface area contributed by atoms with Crippen molar-refractivity contribution in [3.8, 4) is 17.1 Å². The van der Waals surface area contributed by atoms with Crippen molar-refractivity contribution in [3.05, 3.63) is 83.9 Å². The van der Waals surface area contributed by atoms with Crippen molar-refractivity contribution in [1.29, 1.82) is 0 Å². The number of para-hydroxylation sites is 4. The van der Waals surface area contributed by atoms with Gasteiger partial charge in [-0.15, -0.1) is 0 Å². The number of hydrogen-bond donors (Lipinski definition) is 1. The topological polar surface area (TPSA) is 63.4 Å². The molecule has 0 saturated carbocycles. The number of fused-ring (bicyclic) bond motifs is 2. The van der Waals surface area contributed by atoms with Gasteiger partial charge in [-0.05, 0) is 42.8 Å². The summed E-state index contributed by atoms with van der Waals surface area (Å²) in [5, 5.41) is 0.920. The van der Waals surface area contributed by atoms with Crippen LogP contribution >= 0.6 is 0 Å². The van der Waals surface area contributed by atoms with E-state index in [4.69, 9.17) is 19.1 Å². The zero-order valence-corrected chi connectivity index (χ0v) is 16.1. The molecule has 0 radical (unpaired) electrons. The minimum absolute atomic E-state index is 0.482. The Morgan fingerprint density at radius 3 is 2.62 bits per heavy atom. The van der Waals surface area contributed by atoms with Gasteiger partial charge in [0.05, 0.1) is 29.4 Å². The summed E-state index contributed by atoms with van der Waals surface area (Å²) in [6.07, 6.45) is 0. The van der Waals surface area contributed by atoms with Gasteiger partial charge in [0.1, 0.15) is 5.82 Å². The maximum absolute atomic E-state index is 6.27. The van der Waals surface area contributed by atoms with Crippen LogP contribution in [0.25, 0.3) is 33.4 Å². The molecule has 142 valence electrons. The van der Waals surface area contributed by atoms with Crippen LogP contribution in [0.2, 0.25) is 0 Å². The largest absolute Gasteiger partial charge is 0.493 e. The summed E-state index contributed by atoms with van der Waals surface area (Å²) in [6.45, 7) is 2.03. The first-order valence-electron chi connectivity index (χ1n) is 9.39. The van der Waals surface area contributed by atoms with Gasteiger partial charge in [0.15, 0.2) is 11.3 Å². The Morgan fingerprint density at radius 2 is 1.79 bits per heavy atom. The monoisotopic (exact) mass is 381 g/mol. The number of hydrogen-bond acceptors (Lipinski definition) is 4.